The number of benzene rings is 2. The van der Waals surface area contributed by atoms with Gasteiger partial charge in [-0.05, 0) is 64.5 Å². The summed E-state index contributed by atoms with van der Waals surface area (Å²) in [6.45, 7) is 12.8. The molecule has 4 rings (SSSR count). The number of fused-ring (bicyclic) bond motifs is 1. The molecule has 2 unspecified atom stereocenters. The molecular weight excluding hydrogens is 402 g/mol. The van der Waals surface area contributed by atoms with Gasteiger partial charge in [0, 0.05) is 23.0 Å². The standard InChI is InChI=1S/C29H34F2O/c1-28(2,3)18-15-23(27(32)24(16-18)29(4,5)6)20-10-8-7-9-19(20)17-13-21-22(14-17)26(31)12-11-25(21)30/h7-12,15-17,21-22,32H,13-14H2,1-6H3. The van der Waals surface area contributed by atoms with Crippen molar-refractivity contribution in [2.24, 2.45) is 11.8 Å². The number of hydrogen-bond donors (Lipinski definition) is 1. The van der Waals surface area contributed by atoms with Crippen LogP contribution in [0, 0.1) is 11.8 Å². The highest BCUT2D eigenvalue weighted by Crippen LogP contribution is 2.53. The number of aromatic hydroxyl groups is 1. The summed E-state index contributed by atoms with van der Waals surface area (Å²) < 4.78 is 28.9. The average molecular weight is 437 g/mol. The van der Waals surface area contributed by atoms with Crippen molar-refractivity contribution in [3.05, 3.63) is 76.9 Å². The van der Waals surface area contributed by atoms with Gasteiger partial charge < -0.3 is 5.11 Å². The second-order valence-electron chi connectivity index (χ2n) is 11.5. The third kappa shape index (κ3) is 4.02. The van der Waals surface area contributed by atoms with E-state index < -0.39 is 11.8 Å². The van der Waals surface area contributed by atoms with E-state index in [2.05, 4.69) is 59.7 Å². The number of phenolic OH excluding ortho intramolecular Hbond substituents is 1. The summed E-state index contributed by atoms with van der Waals surface area (Å²) in [5, 5.41) is 11.4. The van der Waals surface area contributed by atoms with Crippen LogP contribution in [0.2, 0.25) is 0 Å². The summed E-state index contributed by atoms with van der Waals surface area (Å²) in [7, 11) is 0. The lowest BCUT2D eigenvalue weighted by molar-refractivity contribution is 0.350. The maximum Gasteiger partial charge on any atom is 0.127 e. The first-order valence-electron chi connectivity index (χ1n) is 11.6. The zero-order valence-corrected chi connectivity index (χ0v) is 20.0. The summed E-state index contributed by atoms with van der Waals surface area (Å²) in [6.07, 6.45) is 3.71. The molecule has 0 spiro atoms. The number of hydrogen-bond acceptors (Lipinski definition) is 1. The summed E-state index contributed by atoms with van der Waals surface area (Å²) in [4.78, 5) is 0. The van der Waals surface area contributed by atoms with Crippen LogP contribution in [0.5, 0.6) is 5.75 Å². The second-order valence-corrected chi connectivity index (χ2v) is 11.5. The van der Waals surface area contributed by atoms with E-state index in [1.165, 1.54) is 12.2 Å². The van der Waals surface area contributed by atoms with Crippen molar-refractivity contribution < 1.29 is 13.9 Å². The van der Waals surface area contributed by atoms with E-state index in [-0.39, 0.29) is 28.4 Å². The smallest absolute Gasteiger partial charge is 0.127 e. The van der Waals surface area contributed by atoms with E-state index in [0.717, 1.165) is 27.8 Å². The molecule has 1 N–H and O–H groups in total. The fraction of sp³-hybridized carbons (Fsp3) is 0.448. The van der Waals surface area contributed by atoms with Gasteiger partial charge in [-0.1, -0.05) is 71.9 Å². The van der Waals surface area contributed by atoms with Crippen LogP contribution >= 0.6 is 0 Å². The molecule has 2 aliphatic rings. The Morgan fingerprint density at radius 2 is 1.34 bits per heavy atom. The molecule has 2 atom stereocenters. The van der Waals surface area contributed by atoms with Crippen molar-refractivity contribution in [3.8, 4) is 16.9 Å². The minimum absolute atomic E-state index is 0.0355. The molecule has 0 heterocycles. The van der Waals surface area contributed by atoms with Gasteiger partial charge in [-0.3, -0.25) is 0 Å². The van der Waals surface area contributed by atoms with Gasteiger partial charge in [0.25, 0.3) is 0 Å². The molecule has 0 aromatic heterocycles. The SMILES string of the molecule is CC(C)(C)c1cc(-c2ccccc2C2CC3C(F)=CC=C(F)C3C2)c(O)c(C(C)(C)C)c1. The van der Waals surface area contributed by atoms with Gasteiger partial charge >= 0.3 is 0 Å². The van der Waals surface area contributed by atoms with Gasteiger partial charge in [0.05, 0.1) is 0 Å². The Kier molecular flexibility index (Phi) is 5.59. The third-order valence-corrected chi connectivity index (χ3v) is 7.15. The Hall–Kier alpha value is -2.42. The molecule has 2 aliphatic carbocycles. The highest BCUT2D eigenvalue weighted by molar-refractivity contribution is 5.77. The van der Waals surface area contributed by atoms with E-state index in [1.54, 1.807) is 0 Å². The minimum atomic E-state index is -0.391. The van der Waals surface area contributed by atoms with Crippen LogP contribution in [-0.4, -0.2) is 5.11 Å². The van der Waals surface area contributed by atoms with Crippen molar-refractivity contribution in [1.82, 2.24) is 0 Å². The van der Waals surface area contributed by atoms with Crippen molar-refractivity contribution >= 4 is 0 Å². The molecule has 170 valence electrons. The summed E-state index contributed by atoms with van der Waals surface area (Å²) >= 11 is 0. The zero-order valence-electron chi connectivity index (χ0n) is 20.0. The number of phenols is 1. The van der Waals surface area contributed by atoms with E-state index >= 15 is 0 Å². The quantitative estimate of drug-likeness (QED) is 0.500. The highest BCUT2D eigenvalue weighted by atomic mass is 19.1. The molecule has 1 fully saturated rings. The largest absolute Gasteiger partial charge is 0.507 e. The van der Waals surface area contributed by atoms with E-state index in [0.29, 0.717) is 18.6 Å². The minimum Gasteiger partial charge on any atom is -0.507 e. The van der Waals surface area contributed by atoms with E-state index in [1.807, 2.05) is 18.2 Å². The highest BCUT2D eigenvalue weighted by Gasteiger charge is 2.42. The predicted molar refractivity (Wildman–Crippen MR) is 128 cm³/mol. The maximum absolute atomic E-state index is 14.5. The molecule has 0 radical (unpaired) electrons. The van der Waals surface area contributed by atoms with Crippen LogP contribution < -0.4 is 0 Å². The van der Waals surface area contributed by atoms with Crippen LogP contribution in [0.15, 0.2) is 60.2 Å². The lowest BCUT2D eigenvalue weighted by Gasteiger charge is -2.28. The predicted octanol–water partition coefficient (Wildman–Crippen LogP) is 8.48. The Morgan fingerprint density at radius 1 is 0.781 bits per heavy atom. The molecule has 1 saturated carbocycles. The van der Waals surface area contributed by atoms with Gasteiger partial charge in [0.2, 0.25) is 0 Å². The van der Waals surface area contributed by atoms with Crippen molar-refractivity contribution in [3.63, 3.8) is 0 Å². The van der Waals surface area contributed by atoms with E-state index in [4.69, 9.17) is 0 Å². The number of rotatable bonds is 2. The molecule has 0 bridgehead atoms. The van der Waals surface area contributed by atoms with Gasteiger partial charge in [-0.25, -0.2) is 8.78 Å². The third-order valence-electron chi connectivity index (χ3n) is 7.15. The molecule has 3 heteroatoms. The molecule has 0 saturated heterocycles. The lowest BCUT2D eigenvalue weighted by Crippen LogP contribution is -2.17. The van der Waals surface area contributed by atoms with Crippen LogP contribution in [0.1, 0.15) is 77.0 Å². The molecule has 0 amide bonds. The second kappa shape index (κ2) is 7.86. The summed E-state index contributed by atoms with van der Waals surface area (Å²) in [5.41, 5.74) is 4.59. The number of allylic oxidation sites excluding steroid dienone is 4. The Labute approximate surface area is 190 Å². The summed E-state index contributed by atoms with van der Waals surface area (Å²) in [6, 6.07) is 12.2. The van der Waals surface area contributed by atoms with Gasteiger partial charge in [0.1, 0.15) is 17.4 Å². The summed E-state index contributed by atoms with van der Waals surface area (Å²) in [5.74, 6) is -0.887. The first-order chi connectivity index (χ1) is 14.9. The lowest BCUT2D eigenvalue weighted by atomic mass is 9.77. The fourth-order valence-electron chi connectivity index (χ4n) is 5.25. The Morgan fingerprint density at radius 3 is 1.88 bits per heavy atom. The maximum atomic E-state index is 14.5. The Bertz CT molecular complexity index is 1070. The monoisotopic (exact) mass is 436 g/mol. The fourth-order valence-corrected chi connectivity index (χ4v) is 5.25. The van der Waals surface area contributed by atoms with Crippen LogP contribution in [0.4, 0.5) is 8.78 Å². The zero-order chi connectivity index (χ0) is 23.4. The van der Waals surface area contributed by atoms with Gasteiger partial charge in [0.15, 0.2) is 0 Å². The van der Waals surface area contributed by atoms with Crippen molar-refractivity contribution in [1.29, 1.82) is 0 Å². The molecular formula is C29H34F2O. The van der Waals surface area contributed by atoms with Crippen LogP contribution in [-0.2, 0) is 10.8 Å². The van der Waals surface area contributed by atoms with E-state index in [9.17, 15) is 13.9 Å². The topological polar surface area (TPSA) is 20.2 Å². The van der Waals surface area contributed by atoms with Crippen molar-refractivity contribution in [2.45, 2.75) is 71.1 Å². The molecule has 0 aliphatic heterocycles. The van der Waals surface area contributed by atoms with Crippen LogP contribution in [0.3, 0.4) is 0 Å². The normalized spacial score (nSPS) is 23.6. The number of halogens is 2. The average Bonchev–Trinajstić information content (AvgIpc) is 3.16. The van der Waals surface area contributed by atoms with Gasteiger partial charge in [-0.2, -0.15) is 0 Å². The Balaban J connectivity index is 1.85. The molecule has 2 aromatic carbocycles. The van der Waals surface area contributed by atoms with Gasteiger partial charge in [-0.15, -0.1) is 0 Å². The molecule has 1 nitrogen and oxygen atoms in total. The first kappa shape index (κ1) is 22.8. The molecule has 2 aromatic rings. The van der Waals surface area contributed by atoms with Crippen LogP contribution in [0.25, 0.3) is 11.1 Å². The van der Waals surface area contributed by atoms with Crippen molar-refractivity contribution in [2.75, 3.05) is 0 Å². The first-order valence-corrected chi connectivity index (χ1v) is 11.6. The molecule has 32 heavy (non-hydrogen) atoms.